The van der Waals surface area contributed by atoms with Crippen LogP contribution in [0, 0.1) is 6.92 Å². The smallest absolute Gasteiger partial charge is 0.231 e. The molecule has 23 heavy (non-hydrogen) atoms. The van der Waals surface area contributed by atoms with Crippen molar-refractivity contribution in [3.8, 4) is 11.5 Å². The molecule has 3 nitrogen and oxygen atoms in total. The summed E-state index contributed by atoms with van der Waals surface area (Å²) in [6.07, 6.45) is 1.76. The zero-order valence-electron chi connectivity index (χ0n) is 13.3. The molecule has 0 N–H and O–H groups in total. The fourth-order valence-electron chi connectivity index (χ4n) is 2.43. The van der Waals surface area contributed by atoms with Crippen molar-refractivity contribution in [2.24, 2.45) is 0 Å². The zero-order chi connectivity index (χ0) is 16.4. The minimum absolute atomic E-state index is 0.0987. The van der Waals surface area contributed by atoms with Crippen LogP contribution < -0.4 is 9.47 Å². The highest BCUT2D eigenvalue weighted by atomic mass is 16.5. The van der Waals surface area contributed by atoms with Gasteiger partial charge in [0, 0.05) is 5.56 Å². The third-order valence-electron chi connectivity index (χ3n) is 3.61. The molecule has 2 aromatic rings. The summed E-state index contributed by atoms with van der Waals surface area (Å²) in [4.78, 5) is 12.5. The summed E-state index contributed by atoms with van der Waals surface area (Å²) in [6, 6.07) is 13.2. The second kappa shape index (κ2) is 6.13. The van der Waals surface area contributed by atoms with Crippen molar-refractivity contribution in [2.45, 2.75) is 13.8 Å². The molecule has 3 heteroatoms. The molecule has 116 valence electrons. The Morgan fingerprint density at radius 2 is 1.96 bits per heavy atom. The topological polar surface area (TPSA) is 35.5 Å². The van der Waals surface area contributed by atoms with Crippen LogP contribution in [0.5, 0.6) is 11.5 Å². The Hall–Kier alpha value is -2.81. The third-order valence-corrected chi connectivity index (χ3v) is 3.61. The van der Waals surface area contributed by atoms with E-state index in [1.165, 1.54) is 0 Å². The van der Waals surface area contributed by atoms with Gasteiger partial charge in [-0.1, -0.05) is 36.9 Å². The first kappa shape index (κ1) is 15.1. The van der Waals surface area contributed by atoms with Crippen LogP contribution in [0.3, 0.4) is 0 Å². The lowest BCUT2D eigenvalue weighted by atomic mass is 10.1. The number of ketones is 1. The number of rotatable bonds is 4. The molecule has 0 bridgehead atoms. The minimum Gasteiger partial charge on any atom is -0.489 e. The van der Waals surface area contributed by atoms with E-state index in [4.69, 9.17) is 9.47 Å². The van der Waals surface area contributed by atoms with Crippen LogP contribution in [0.25, 0.3) is 6.08 Å². The van der Waals surface area contributed by atoms with Gasteiger partial charge in [0.2, 0.25) is 5.78 Å². The summed E-state index contributed by atoms with van der Waals surface area (Å²) in [7, 11) is 0. The highest BCUT2D eigenvalue weighted by Crippen LogP contribution is 2.39. The van der Waals surface area contributed by atoms with E-state index in [0.29, 0.717) is 29.4 Å². The summed E-state index contributed by atoms with van der Waals surface area (Å²) in [5, 5.41) is 0. The zero-order valence-corrected chi connectivity index (χ0v) is 13.3. The van der Waals surface area contributed by atoms with Crippen molar-refractivity contribution in [3.63, 3.8) is 0 Å². The molecule has 1 aliphatic rings. The molecule has 0 saturated heterocycles. The van der Waals surface area contributed by atoms with Crippen molar-refractivity contribution < 1.29 is 14.3 Å². The summed E-state index contributed by atoms with van der Waals surface area (Å²) < 4.78 is 11.5. The standard InChI is InChI=1S/C20H18O3/c1-13(2)12-22-17-10-9-16-19(21)18(23-20(16)14(17)3)11-15-7-5-4-6-8-15/h4-11H,1,12H2,2-3H3/b18-11-. The molecule has 0 aliphatic carbocycles. The summed E-state index contributed by atoms with van der Waals surface area (Å²) in [6.45, 7) is 8.07. The van der Waals surface area contributed by atoms with Crippen LogP contribution in [0.4, 0.5) is 0 Å². The largest absolute Gasteiger partial charge is 0.489 e. The fraction of sp³-hybridized carbons (Fsp3) is 0.150. The van der Waals surface area contributed by atoms with Crippen LogP contribution in [0.1, 0.15) is 28.4 Å². The number of Topliss-reactive ketones (excluding diaryl/α,β-unsaturated/α-hetero) is 1. The maximum absolute atomic E-state index is 12.5. The number of ether oxygens (including phenoxy) is 2. The van der Waals surface area contributed by atoms with Gasteiger partial charge >= 0.3 is 0 Å². The Bertz CT molecular complexity index is 801. The second-order valence-corrected chi connectivity index (χ2v) is 5.66. The maximum Gasteiger partial charge on any atom is 0.231 e. The fourth-order valence-corrected chi connectivity index (χ4v) is 2.43. The van der Waals surface area contributed by atoms with Gasteiger partial charge in [0.15, 0.2) is 5.76 Å². The van der Waals surface area contributed by atoms with Crippen LogP contribution in [-0.2, 0) is 0 Å². The molecular weight excluding hydrogens is 288 g/mol. The van der Waals surface area contributed by atoms with E-state index in [9.17, 15) is 4.79 Å². The summed E-state index contributed by atoms with van der Waals surface area (Å²) in [5.74, 6) is 1.53. The van der Waals surface area contributed by atoms with Gasteiger partial charge < -0.3 is 9.47 Å². The van der Waals surface area contributed by atoms with E-state index in [2.05, 4.69) is 6.58 Å². The first-order chi connectivity index (χ1) is 11.1. The lowest BCUT2D eigenvalue weighted by Crippen LogP contribution is -2.00. The van der Waals surface area contributed by atoms with Crippen LogP contribution >= 0.6 is 0 Å². The Kier molecular flexibility index (Phi) is 4.02. The normalized spacial score (nSPS) is 14.5. The SMILES string of the molecule is C=C(C)COc1ccc2c(c1C)O/C(=C\c1ccccc1)C2=O. The second-order valence-electron chi connectivity index (χ2n) is 5.66. The van der Waals surface area contributed by atoms with Gasteiger partial charge in [0.25, 0.3) is 0 Å². The van der Waals surface area contributed by atoms with Gasteiger partial charge in [-0.25, -0.2) is 0 Å². The monoisotopic (exact) mass is 306 g/mol. The van der Waals surface area contributed by atoms with Crippen molar-refractivity contribution >= 4 is 11.9 Å². The van der Waals surface area contributed by atoms with E-state index in [-0.39, 0.29) is 5.78 Å². The third kappa shape index (κ3) is 3.04. The molecule has 0 spiro atoms. The van der Waals surface area contributed by atoms with E-state index >= 15 is 0 Å². The first-order valence-electron chi connectivity index (χ1n) is 7.46. The van der Waals surface area contributed by atoms with Gasteiger partial charge in [0.05, 0.1) is 5.56 Å². The Balaban J connectivity index is 1.92. The average molecular weight is 306 g/mol. The van der Waals surface area contributed by atoms with Crippen molar-refractivity contribution in [3.05, 3.63) is 77.1 Å². The van der Waals surface area contributed by atoms with Crippen LogP contribution in [0.15, 0.2) is 60.4 Å². The van der Waals surface area contributed by atoms with Gasteiger partial charge in [-0.2, -0.15) is 0 Å². The molecule has 0 unspecified atom stereocenters. The number of carbonyl (C=O) groups is 1. The van der Waals surface area contributed by atoms with Crippen molar-refractivity contribution in [1.82, 2.24) is 0 Å². The van der Waals surface area contributed by atoms with Crippen molar-refractivity contribution in [1.29, 1.82) is 0 Å². The number of hydrogen-bond acceptors (Lipinski definition) is 3. The molecule has 0 saturated carbocycles. The number of hydrogen-bond donors (Lipinski definition) is 0. The predicted molar refractivity (Wildman–Crippen MR) is 90.9 cm³/mol. The van der Waals surface area contributed by atoms with E-state index in [1.54, 1.807) is 12.1 Å². The van der Waals surface area contributed by atoms with E-state index < -0.39 is 0 Å². The Morgan fingerprint density at radius 1 is 1.22 bits per heavy atom. The Morgan fingerprint density at radius 3 is 2.65 bits per heavy atom. The van der Waals surface area contributed by atoms with Gasteiger partial charge in [-0.05, 0) is 43.2 Å². The number of benzene rings is 2. The highest BCUT2D eigenvalue weighted by molar-refractivity contribution is 6.14. The van der Waals surface area contributed by atoms with Gasteiger partial charge in [-0.15, -0.1) is 0 Å². The highest BCUT2D eigenvalue weighted by Gasteiger charge is 2.30. The van der Waals surface area contributed by atoms with Gasteiger partial charge in [0.1, 0.15) is 18.1 Å². The lowest BCUT2D eigenvalue weighted by molar-refractivity contribution is 0.101. The molecule has 0 radical (unpaired) electrons. The summed E-state index contributed by atoms with van der Waals surface area (Å²) >= 11 is 0. The van der Waals surface area contributed by atoms with Crippen molar-refractivity contribution in [2.75, 3.05) is 6.61 Å². The van der Waals surface area contributed by atoms with Crippen LogP contribution in [0.2, 0.25) is 0 Å². The molecule has 0 aromatic heterocycles. The minimum atomic E-state index is -0.0987. The molecule has 1 aliphatic heterocycles. The number of fused-ring (bicyclic) bond motifs is 1. The average Bonchev–Trinajstić information content (AvgIpc) is 2.85. The molecule has 0 amide bonds. The predicted octanol–water partition coefficient (Wildman–Crippen LogP) is 4.57. The quantitative estimate of drug-likeness (QED) is 0.613. The Labute approximate surface area is 135 Å². The van der Waals surface area contributed by atoms with Crippen LogP contribution in [-0.4, -0.2) is 12.4 Å². The van der Waals surface area contributed by atoms with E-state index in [1.807, 2.05) is 50.2 Å². The van der Waals surface area contributed by atoms with Gasteiger partial charge in [-0.3, -0.25) is 4.79 Å². The van der Waals surface area contributed by atoms with E-state index in [0.717, 1.165) is 16.7 Å². The lowest BCUT2D eigenvalue weighted by Gasteiger charge is -2.11. The molecule has 3 rings (SSSR count). The number of carbonyl (C=O) groups excluding carboxylic acids is 1. The molecule has 0 atom stereocenters. The molecule has 1 heterocycles. The first-order valence-corrected chi connectivity index (χ1v) is 7.46. The maximum atomic E-state index is 12.5. The molecule has 0 fully saturated rings. The molecule has 2 aromatic carbocycles. The summed E-state index contributed by atoms with van der Waals surface area (Å²) in [5.41, 5.74) is 3.27. The number of allylic oxidation sites excluding steroid dienone is 1. The molecular formula is C20H18O3.